The number of aliphatic hydroxyl groups excluding tert-OH is 1. The molecule has 0 saturated carbocycles. The van der Waals surface area contributed by atoms with Gasteiger partial charge < -0.3 is 14.6 Å². The molecule has 3 aliphatic rings. The third-order valence-electron chi connectivity index (χ3n) is 6.21. The van der Waals surface area contributed by atoms with E-state index in [0.717, 1.165) is 32.2 Å². The fraction of sp³-hybridized carbons (Fsp3) is 0.526. The van der Waals surface area contributed by atoms with Gasteiger partial charge in [-0.25, -0.2) is 4.98 Å². The maximum absolute atomic E-state index is 11.0. The summed E-state index contributed by atoms with van der Waals surface area (Å²) in [6, 6.07) is 3.04. The number of hydrogen-bond donors (Lipinski definition) is 1. The molecule has 4 nitrogen and oxygen atoms in total. The van der Waals surface area contributed by atoms with E-state index < -0.39 is 0 Å². The van der Waals surface area contributed by atoms with Crippen LogP contribution in [0.25, 0.3) is 11.3 Å². The van der Waals surface area contributed by atoms with Gasteiger partial charge in [-0.05, 0) is 49.5 Å². The third-order valence-corrected chi connectivity index (χ3v) is 7.23. The van der Waals surface area contributed by atoms with Crippen LogP contribution in [-0.2, 0) is 0 Å². The molecule has 2 saturated heterocycles. The van der Waals surface area contributed by atoms with Crippen molar-refractivity contribution < 1.29 is 5.11 Å². The lowest BCUT2D eigenvalue weighted by atomic mass is 9.84. The summed E-state index contributed by atoms with van der Waals surface area (Å²) in [7, 11) is 0. The fourth-order valence-corrected chi connectivity index (χ4v) is 5.94. The molecule has 4 atom stereocenters. The number of hydrogen-bond acceptors (Lipinski definition) is 4. The minimum atomic E-state index is -0.241. The summed E-state index contributed by atoms with van der Waals surface area (Å²) in [5.74, 6) is 0.410. The number of aliphatic hydroxyl groups is 1. The number of rotatable bonds is 3. The standard InChI is InChI=1S/C19H23N3OS/c1-12-2-3-14-8-13(4-6-21(12)14)18(23)9-16-19-15(5-7-24-19)17-10-20-11-22(16)17/h5,7,10-11,13-14,16,18,23H,1-4,6,8-9H2/t13-,14-,16+,18+/m1/s1. The molecule has 2 fully saturated rings. The second-order valence-corrected chi connectivity index (χ2v) is 8.39. The van der Waals surface area contributed by atoms with Gasteiger partial charge in [0.15, 0.2) is 0 Å². The molecule has 0 radical (unpaired) electrons. The van der Waals surface area contributed by atoms with Crippen LogP contribution in [0.4, 0.5) is 0 Å². The minimum Gasteiger partial charge on any atom is -0.393 e. The fourth-order valence-electron chi connectivity index (χ4n) is 4.92. The zero-order valence-corrected chi connectivity index (χ0v) is 14.6. The molecule has 0 spiro atoms. The van der Waals surface area contributed by atoms with Crippen LogP contribution in [0.15, 0.2) is 36.2 Å². The number of imidazole rings is 1. The van der Waals surface area contributed by atoms with Crippen molar-refractivity contribution in [1.29, 1.82) is 0 Å². The van der Waals surface area contributed by atoms with E-state index in [1.54, 1.807) is 11.3 Å². The van der Waals surface area contributed by atoms with Crippen molar-refractivity contribution in [3.8, 4) is 11.3 Å². The largest absolute Gasteiger partial charge is 0.393 e. The van der Waals surface area contributed by atoms with Gasteiger partial charge in [-0.15, -0.1) is 11.3 Å². The van der Waals surface area contributed by atoms with Gasteiger partial charge in [0.25, 0.3) is 0 Å². The summed E-state index contributed by atoms with van der Waals surface area (Å²) < 4.78 is 2.25. The summed E-state index contributed by atoms with van der Waals surface area (Å²) in [5, 5.41) is 13.1. The van der Waals surface area contributed by atoms with Gasteiger partial charge in [-0.3, -0.25) is 0 Å². The maximum atomic E-state index is 11.0. The predicted molar refractivity (Wildman–Crippen MR) is 95.9 cm³/mol. The Hall–Kier alpha value is -1.59. The van der Waals surface area contributed by atoms with Crippen LogP contribution in [0.3, 0.4) is 0 Å². The summed E-state index contributed by atoms with van der Waals surface area (Å²) >= 11 is 1.81. The van der Waals surface area contributed by atoms with Crippen LogP contribution in [0.1, 0.15) is 43.0 Å². The van der Waals surface area contributed by atoms with Crippen molar-refractivity contribution in [2.75, 3.05) is 6.54 Å². The first-order chi connectivity index (χ1) is 11.7. The molecule has 0 aromatic carbocycles. The van der Waals surface area contributed by atoms with Crippen LogP contribution in [-0.4, -0.2) is 38.2 Å². The first-order valence-corrected chi connectivity index (χ1v) is 9.82. The van der Waals surface area contributed by atoms with E-state index in [1.165, 1.54) is 28.3 Å². The summed E-state index contributed by atoms with van der Waals surface area (Å²) in [4.78, 5) is 8.18. The van der Waals surface area contributed by atoms with Crippen LogP contribution < -0.4 is 0 Å². The Morgan fingerprint density at radius 1 is 1.42 bits per heavy atom. The molecule has 2 aromatic heterocycles. The average molecular weight is 341 g/mol. The van der Waals surface area contributed by atoms with E-state index in [1.807, 2.05) is 12.5 Å². The highest BCUT2D eigenvalue weighted by Gasteiger charge is 2.38. The molecule has 3 aliphatic heterocycles. The lowest BCUT2D eigenvalue weighted by Crippen LogP contribution is -2.41. The number of allylic oxidation sites excluding steroid dienone is 1. The molecule has 0 unspecified atom stereocenters. The molecule has 24 heavy (non-hydrogen) atoms. The molecular formula is C19H23N3OS. The molecule has 0 bridgehead atoms. The minimum absolute atomic E-state index is 0.241. The van der Waals surface area contributed by atoms with Gasteiger partial charge in [-0.2, -0.15) is 0 Å². The van der Waals surface area contributed by atoms with Crippen molar-refractivity contribution in [3.05, 3.63) is 41.1 Å². The first kappa shape index (κ1) is 14.7. The molecule has 0 amide bonds. The van der Waals surface area contributed by atoms with Crippen molar-refractivity contribution in [1.82, 2.24) is 14.5 Å². The zero-order chi connectivity index (χ0) is 16.3. The highest BCUT2D eigenvalue weighted by atomic mass is 32.1. The normalized spacial score (nSPS) is 29.5. The van der Waals surface area contributed by atoms with Crippen molar-refractivity contribution >= 4 is 11.3 Å². The van der Waals surface area contributed by atoms with Gasteiger partial charge in [-0.1, -0.05) is 6.58 Å². The van der Waals surface area contributed by atoms with Crippen molar-refractivity contribution in [2.24, 2.45) is 5.92 Å². The zero-order valence-electron chi connectivity index (χ0n) is 13.8. The van der Waals surface area contributed by atoms with E-state index in [9.17, 15) is 5.11 Å². The van der Waals surface area contributed by atoms with Gasteiger partial charge in [0.2, 0.25) is 0 Å². The maximum Gasteiger partial charge on any atom is 0.0957 e. The van der Waals surface area contributed by atoms with E-state index >= 15 is 0 Å². The SMILES string of the molecule is C=C1CC[C@@H]2C[C@H]([C@@H](O)C[C@H]3c4sccc4-c4cncn43)CCN12. The van der Waals surface area contributed by atoms with Gasteiger partial charge in [0.05, 0.1) is 30.4 Å². The third kappa shape index (κ3) is 2.11. The van der Waals surface area contributed by atoms with Crippen LogP contribution in [0.5, 0.6) is 0 Å². The van der Waals surface area contributed by atoms with E-state index in [4.69, 9.17) is 0 Å². The second-order valence-electron chi connectivity index (χ2n) is 7.44. The first-order valence-electron chi connectivity index (χ1n) is 8.94. The summed E-state index contributed by atoms with van der Waals surface area (Å²) in [6.07, 6.45) is 8.96. The average Bonchev–Trinajstić information content (AvgIpc) is 3.33. The molecule has 5 heteroatoms. The van der Waals surface area contributed by atoms with Crippen LogP contribution >= 0.6 is 11.3 Å². The highest BCUT2D eigenvalue weighted by Crippen LogP contribution is 2.46. The quantitative estimate of drug-likeness (QED) is 0.926. The van der Waals surface area contributed by atoms with Crippen molar-refractivity contribution in [3.63, 3.8) is 0 Å². The molecular weight excluding hydrogens is 318 g/mol. The summed E-state index contributed by atoms with van der Waals surface area (Å²) in [5.41, 5.74) is 3.80. The molecule has 2 aromatic rings. The Morgan fingerprint density at radius 2 is 2.33 bits per heavy atom. The lowest BCUT2D eigenvalue weighted by molar-refractivity contribution is 0.0404. The Morgan fingerprint density at radius 3 is 3.25 bits per heavy atom. The van der Waals surface area contributed by atoms with E-state index in [-0.39, 0.29) is 12.1 Å². The summed E-state index contributed by atoms with van der Waals surface area (Å²) in [6.45, 7) is 5.25. The Labute approximate surface area is 146 Å². The second kappa shape index (κ2) is 5.46. The van der Waals surface area contributed by atoms with Gasteiger partial charge >= 0.3 is 0 Å². The molecule has 5 rings (SSSR count). The van der Waals surface area contributed by atoms with Gasteiger partial charge in [0.1, 0.15) is 0 Å². The predicted octanol–water partition coefficient (Wildman–Crippen LogP) is 3.65. The molecule has 0 aliphatic carbocycles. The number of piperidine rings is 1. The van der Waals surface area contributed by atoms with Crippen LogP contribution in [0.2, 0.25) is 0 Å². The molecule has 126 valence electrons. The van der Waals surface area contributed by atoms with Gasteiger partial charge in [0, 0.05) is 28.7 Å². The van der Waals surface area contributed by atoms with Crippen molar-refractivity contribution in [2.45, 2.75) is 50.3 Å². The number of aromatic nitrogens is 2. The highest BCUT2D eigenvalue weighted by molar-refractivity contribution is 7.10. The Kier molecular flexibility index (Phi) is 3.35. The number of nitrogens with zero attached hydrogens (tertiary/aromatic N) is 3. The topological polar surface area (TPSA) is 41.3 Å². The van der Waals surface area contributed by atoms with E-state index in [2.05, 4.69) is 32.5 Å². The number of thiophene rings is 1. The van der Waals surface area contributed by atoms with Crippen LogP contribution in [0, 0.1) is 5.92 Å². The monoisotopic (exact) mass is 341 g/mol. The smallest absolute Gasteiger partial charge is 0.0957 e. The Bertz CT molecular complexity index is 739. The molecule has 1 N–H and O–H groups in total. The molecule has 5 heterocycles. The van der Waals surface area contributed by atoms with E-state index in [0.29, 0.717) is 12.0 Å². The lowest BCUT2D eigenvalue weighted by Gasteiger charge is -2.39. The Balaban J connectivity index is 1.33. The number of fused-ring (bicyclic) bond motifs is 4.